The van der Waals surface area contributed by atoms with E-state index in [-0.39, 0.29) is 19.2 Å². The number of hydrogen-bond acceptors (Lipinski definition) is 7. The Morgan fingerprint density at radius 3 is 2.37 bits per heavy atom. The second-order valence-electron chi connectivity index (χ2n) is 6.63. The minimum absolute atomic E-state index is 0.258. The Hall–Kier alpha value is -3.43. The summed E-state index contributed by atoms with van der Waals surface area (Å²) in [4.78, 5) is 26.9. The topological polar surface area (TPSA) is 104 Å². The maximum absolute atomic E-state index is 12.9. The number of fused-ring (bicyclic) bond motifs is 1. The molecular weight excluding hydrogens is 392 g/mol. The normalized spacial score (nSPS) is 12.8. The average Bonchev–Trinajstić information content (AvgIpc) is 3.07. The average molecular weight is 418 g/mol. The number of amides is 2. The third-order valence-electron chi connectivity index (χ3n) is 4.87. The lowest BCUT2D eigenvalue weighted by Gasteiger charge is -2.27. The lowest BCUT2D eigenvalue weighted by atomic mass is 10.1. The minimum atomic E-state index is -0.444. The Bertz CT molecular complexity index is 930. The summed E-state index contributed by atoms with van der Waals surface area (Å²) in [5, 5.41) is 7.26. The summed E-state index contributed by atoms with van der Waals surface area (Å²) in [7, 11) is 6.23. The zero-order valence-corrected chi connectivity index (χ0v) is 17.8. The van der Waals surface area contributed by atoms with E-state index in [2.05, 4.69) is 10.4 Å². The van der Waals surface area contributed by atoms with Crippen molar-refractivity contribution in [1.29, 1.82) is 0 Å². The van der Waals surface area contributed by atoms with E-state index in [1.165, 1.54) is 26.0 Å². The molecule has 2 aromatic rings. The van der Waals surface area contributed by atoms with Crippen molar-refractivity contribution in [3.8, 4) is 17.2 Å². The number of aromatic nitrogens is 2. The van der Waals surface area contributed by atoms with Crippen LogP contribution in [0.2, 0.25) is 0 Å². The molecule has 0 radical (unpaired) electrons. The van der Waals surface area contributed by atoms with Gasteiger partial charge in [-0.3, -0.25) is 4.68 Å². The Morgan fingerprint density at radius 1 is 1.13 bits per heavy atom. The van der Waals surface area contributed by atoms with Crippen LogP contribution in [-0.2, 0) is 24.8 Å². The molecule has 2 heterocycles. The first-order valence-electron chi connectivity index (χ1n) is 9.51. The van der Waals surface area contributed by atoms with Gasteiger partial charge < -0.3 is 29.2 Å². The molecule has 0 bridgehead atoms. The van der Waals surface area contributed by atoms with Gasteiger partial charge in [0.25, 0.3) is 0 Å². The molecule has 10 heteroatoms. The number of anilines is 1. The van der Waals surface area contributed by atoms with Crippen LogP contribution >= 0.6 is 0 Å². The summed E-state index contributed by atoms with van der Waals surface area (Å²) in [6, 6.07) is 3.00. The minimum Gasteiger partial charge on any atom is -0.493 e. The number of methoxy groups -OCH3 is 3. The Morgan fingerprint density at radius 2 is 1.80 bits per heavy atom. The molecule has 1 aliphatic rings. The van der Waals surface area contributed by atoms with Gasteiger partial charge in [0.05, 0.1) is 45.9 Å². The number of carbonyl (C=O) groups excluding carboxylic acids is 2. The van der Waals surface area contributed by atoms with Gasteiger partial charge in [0.1, 0.15) is 0 Å². The van der Waals surface area contributed by atoms with E-state index >= 15 is 0 Å². The Kier molecular flexibility index (Phi) is 6.34. The van der Waals surface area contributed by atoms with Crippen molar-refractivity contribution in [3.63, 3.8) is 0 Å². The third-order valence-corrected chi connectivity index (χ3v) is 4.87. The molecule has 3 rings (SSSR count). The zero-order valence-electron chi connectivity index (χ0n) is 17.8. The number of nitrogens with one attached hydrogen (secondary N) is 1. The number of ether oxygens (including phenoxy) is 4. The second kappa shape index (κ2) is 8.93. The molecule has 0 fully saturated rings. The summed E-state index contributed by atoms with van der Waals surface area (Å²) in [6.45, 7) is 2.75. The van der Waals surface area contributed by atoms with Gasteiger partial charge in [-0.2, -0.15) is 5.10 Å². The highest BCUT2D eigenvalue weighted by molar-refractivity contribution is 5.92. The van der Waals surface area contributed by atoms with Crippen LogP contribution in [0.1, 0.15) is 28.7 Å². The van der Waals surface area contributed by atoms with Gasteiger partial charge in [0, 0.05) is 37.7 Å². The number of hydrogen-bond donors (Lipinski definition) is 1. The highest BCUT2D eigenvalue weighted by Gasteiger charge is 2.30. The van der Waals surface area contributed by atoms with Gasteiger partial charge in [0.15, 0.2) is 17.2 Å². The van der Waals surface area contributed by atoms with E-state index in [1.54, 1.807) is 31.0 Å². The highest BCUT2D eigenvalue weighted by Crippen LogP contribution is 2.40. The van der Waals surface area contributed by atoms with Crippen LogP contribution in [0.25, 0.3) is 0 Å². The quantitative estimate of drug-likeness (QED) is 0.717. The maximum Gasteiger partial charge on any atom is 0.356 e. The van der Waals surface area contributed by atoms with Crippen LogP contribution in [0, 0.1) is 0 Å². The fraction of sp³-hybridized carbons (Fsp3) is 0.450. The number of nitrogens with zero attached hydrogens (tertiary/aromatic N) is 3. The highest BCUT2D eigenvalue weighted by atomic mass is 16.5. The molecule has 0 saturated heterocycles. The van der Waals surface area contributed by atoms with Gasteiger partial charge in [-0.05, 0) is 6.92 Å². The molecule has 0 aliphatic carbocycles. The number of urea groups is 1. The Labute approximate surface area is 174 Å². The first-order chi connectivity index (χ1) is 14.4. The van der Waals surface area contributed by atoms with Gasteiger partial charge in [-0.1, -0.05) is 0 Å². The number of benzene rings is 1. The van der Waals surface area contributed by atoms with E-state index < -0.39 is 5.97 Å². The van der Waals surface area contributed by atoms with Gasteiger partial charge in [-0.15, -0.1) is 0 Å². The van der Waals surface area contributed by atoms with Gasteiger partial charge in [0.2, 0.25) is 5.75 Å². The smallest absolute Gasteiger partial charge is 0.356 e. The summed E-state index contributed by atoms with van der Waals surface area (Å²) < 4.78 is 22.6. The lowest BCUT2D eigenvalue weighted by molar-refractivity contribution is 0.0511. The van der Waals surface area contributed by atoms with Crippen LogP contribution in [-0.4, -0.2) is 61.2 Å². The van der Waals surface area contributed by atoms with Crippen LogP contribution < -0.4 is 19.5 Å². The second-order valence-corrected chi connectivity index (χ2v) is 6.63. The molecule has 1 aromatic heterocycles. The van der Waals surface area contributed by atoms with Crippen molar-refractivity contribution in [2.24, 2.45) is 7.05 Å². The first kappa shape index (κ1) is 21.3. The van der Waals surface area contributed by atoms with Crippen molar-refractivity contribution >= 4 is 17.7 Å². The van der Waals surface area contributed by atoms with Crippen molar-refractivity contribution in [3.05, 3.63) is 29.1 Å². The van der Waals surface area contributed by atoms with E-state index in [0.29, 0.717) is 47.2 Å². The maximum atomic E-state index is 12.9. The SMILES string of the molecule is CCOC(=O)c1c2c(nn1C)CCN(C(=O)Nc1cc(OC)c(OC)c(OC)c1)C2. The monoisotopic (exact) mass is 418 g/mol. The molecule has 2 amide bonds. The Balaban J connectivity index is 1.81. The van der Waals surface area contributed by atoms with Gasteiger partial charge in [-0.25, -0.2) is 9.59 Å². The van der Waals surface area contributed by atoms with Crippen LogP contribution in [0.3, 0.4) is 0 Å². The fourth-order valence-electron chi connectivity index (χ4n) is 3.49. The molecule has 1 N–H and O–H groups in total. The lowest BCUT2D eigenvalue weighted by Crippen LogP contribution is -2.39. The summed E-state index contributed by atoms with van der Waals surface area (Å²) in [5.41, 5.74) is 2.38. The first-order valence-corrected chi connectivity index (χ1v) is 9.51. The van der Waals surface area contributed by atoms with Crippen LogP contribution in [0.5, 0.6) is 17.2 Å². The zero-order chi connectivity index (χ0) is 21.8. The molecule has 0 spiro atoms. The summed E-state index contributed by atoms with van der Waals surface area (Å²) >= 11 is 0. The van der Waals surface area contributed by atoms with E-state index in [4.69, 9.17) is 18.9 Å². The molecule has 1 aliphatic heterocycles. The molecule has 1 aromatic carbocycles. The number of rotatable bonds is 6. The molecule has 30 heavy (non-hydrogen) atoms. The third kappa shape index (κ3) is 3.98. The summed E-state index contributed by atoms with van der Waals surface area (Å²) in [5.74, 6) is 0.866. The molecule has 10 nitrogen and oxygen atoms in total. The molecule has 162 valence electrons. The van der Waals surface area contributed by atoms with E-state index in [1.807, 2.05) is 0 Å². The van der Waals surface area contributed by atoms with Crippen molar-refractivity contribution in [1.82, 2.24) is 14.7 Å². The van der Waals surface area contributed by atoms with Crippen molar-refractivity contribution in [2.75, 3.05) is 39.8 Å². The van der Waals surface area contributed by atoms with Crippen molar-refractivity contribution < 1.29 is 28.5 Å². The number of carbonyl (C=O) groups is 2. The molecule has 0 saturated carbocycles. The fourth-order valence-corrected chi connectivity index (χ4v) is 3.49. The molecule has 0 unspecified atom stereocenters. The standard InChI is InChI=1S/C20H26N4O6/c1-6-30-19(25)17-13-11-24(8-7-14(13)22-23(17)2)20(26)21-12-9-15(27-3)18(29-5)16(10-12)28-4/h9-10H,6-8,11H2,1-5H3,(H,21,26). The van der Waals surface area contributed by atoms with Gasteiger partial charge >= 0.3 is 12.0 Å². The number of esters is 1. The van der Waals surface area contributed by atoms with Crippen molar-refractivity contribution in [2.45, 2.75) is 19.9 Å². The predicted molar refractivity (Wildman–Crippen MR) is 108 cm³/mol. The van der Waals surface area contributed by atoms with E-state index in [9.17, 15) is 9.59 Å². The number of aryl methyl sites for hydroxylation is 1. The predicted octanol–water partition coefficient (Wildman–Crippen LogP) is 2.21. The van der Waals surface area contributed by atoms with E-state index in [0.717, 1.165) is 5.69 Å². The largest absolute Gasteiger partial charge is 0.493 e. The van der Waals surface area contributed by atoms with Crippen LogP contribution in [0.15, 0.2) is 12.1 Å². The summed E-state index contributed by atoms with van der Waals surface area (Å²) in [6.07, 6.45) is 0.547. The van der Waals surface area contributed by atoms with Crippen LogP contribution in [0.4, 0.5) is 10.5 Å². The molecule has 0 atom stereocenters. The molecular formula is C20H26N4O6.